The molecule has 234 valence electrons. The first-order chi connectivity index (χ1) is 24.0. The van der Waals surface area contributed by atoms with Gasteiger partial charge in [0.1, 0.15) is 5.52 Å². The number of hydrogen-bond donors (Lipinski definition) is 0. The molecule has 0 unspecified atom stereocenters. The summed E-state index contributed by atoms with van der Waals surface area (Å²) >= 11 is 0. The number of oxazole rings is 1. The number of fused-ring (bicyclic) bond motifs is 4. The van der Waals surface area contributed by atoms with Gasteiger partial charge in [-0.2, -0.15) is 0 Å². The Hall–Kier alpha value is -6.19. The van der Waals surface area contributed by atoms with Gasteiger partial charge in [0.15, 0.2) is 5.58 Å². The van der Waals surface area contributed by atoms with Crippen molar-refractivity contribution in [2.45, 2.75) is 19.3 Å². The molecule has 0 aliphatic heterocycles. The molecule has 3 heteroatoms. The molecule has 0 radical (unpaired) electrons. The predicted octanol–water partition coefficient (Wildman–Crippen LogP) is 12.6. The number of anilines is 3. The molecule has 0 atom stereocenters. The zero-order valence-corrected chi connectivity index (χ0v) is 27.5. The van der Waals surface area contributed by atoms with Gasteiger partial charge in [0.2, 0.25) is 5.89 Å². The minimum absolute atomic E-state index is 0.117. The highest BCUT2D eigenvalue weighted by Gasteiger charge is 2.36. The van der Waals surface area contributed by atoms with Crippen LogP contribution in [-0.2, 0) is 5.41 Å². The van der Waals surface area contributed by atoms with E-state index in [1.54, 1.807) is 0 Å². The van der Waals surface area contributed by atoms with Gasteiger partial charge in [-0.1, -0.05) is 135 Å². The number of rotatable bonds is 6. The number of nitrogens with zero attached hydrogens (tertiary/aromatic N) is 2. The average molecular weight is 631 g/mol. The van der Waals surface area contributed by atoms with Gasteiger partial charge >= 0.3 is 0 Å². The van der Waals surface area contributed by atoms with Crippen LogP contribution in [0, 0.1) is 0 Å². The van der Waals surface area contributed by atoms with Crippen LogP contribution in [0.5, 0.6) is 0 Å². The molecule has 7 aromatic carbocycles. The Morgan fingerprint density at radius 2 is 1.04 bits per heavy atom. The highest BCUT2D eigenvalue weighted by atomic mass is 16.3. The summed E-state index contributed by atoms with van der Waals surface area (Å²) in [6, 6.07) is 60.2. The Kier molecular flexibility index (Phi) is 6.80. The molecule has 0 amide bonds. The fraction of sp³-hybridized carbons (Fsp3) is 0.0652. The van der Waals surface area contributed by atoms with Gasteiger partial charge in [-0.15, -0.1) is 0 Å². The van der Waals surface area contributed by atoms with E-state index in [1.807, 2.05) is 12.1 Å². The minimum atomic E-state index is -0.117. The SMILES string of the molecule is CC1(C)c2ccccc2-c2ccc(N(c3ccc4oc(-c5ccc(-c6ccccc6)cc5)nc4c3)c3ccccc3-c3ccccc3)cc21. The lowest BCUT2D eigenvalue weighted by Gasteiger charge is -2.29. The summed E-state index contributed by atoms with van der Waals surface area (Å²) in [5.41, 5.74) is 15.6. The molecule has 0 spiro atoms. The van der Waals surface area contributed by atoms with Gasteiger partial charge in [0.25, 0.3) is 0 Å². The Labute approximate surface area is 286 Å². The Morgan fingerprint density at radius 1 is 0.469 bits per heavy atom. The molecule has 0 fully saturated rings. The fourth-order valence-corrected chi connectivity index (χ4v) is 7.40. The molecule has 0 saturated carbocycles. The lowest BCUT2D eigenvalue weighted by molar-refractivity contribution is 0.620. The van der Waals surface area contributed by atoms with Crippen molar-refractivity contribution in [2.75, 3.05) is 4.90 Å². The molecule has 1 aliphatic carbocycles. The van der Waals surface area contributed by atoms with Crippen LogP contribution in [0.15, 0.2) is 174 Å². The van der Waals surface area contributed by atoms with Crippen molar-refractivity contribution in [3.8, 4) is 44.8 Å². The van der Waals surface area contributed by atoms with Crippen molar-refractivity contribution in [1.82, 2.24) is 4.98 Å². The van der Waals surface area contributed by atoms with Crippen LogP contribution in [-0.4, -0.2) is 4.98 Å². The van der Waals surface area contributed by atoms with Crippen LogP contribution >= 0.6 is 0 Å². The van der Waals surface area contributed by atoms with Crippen molar-refractivity contribution >= 4 is 28.2 Å². The van der Waals surface area contributed by atoms with Crippen LogP contribution < -0.4 is 4.90 Å². The molecule has 8 aromatic rings. The van der Waals surface area contributed by atoms with Crippen molar-refractivity contribution in [3.63, 3.8) is 0 Å². The lowest BCUT2D eigenvalue weighted by Crippen LogP contribution is -2.16. The van der Waals surface area contributed by atoms with E-state index in [2.05, 4.69) is 176 Å². The fourth-order valence-electron chi connectivity index (χ4n) is 7.40. The highest BCUT2D eigenvalue weighted by molar-refractivity contribution is 5.92. The Morgan fingerprint density at radius 3 is 1.82 bits per heavy atom. The average Bonchev–Trinajstić information content (AvgIpc) is 3.69. The largest absolute Gasteiger partial charge is 0.436 e. The topological polar surface area (TPSA) is 29.3 Å². The van der Waals surface area contributed by atoms with Crippen molar-refractivity contribution < 1.29 is 4.42 Å². The Bertz CT molecular complexity index is 2460. The zero-order valence-electron chi connectivity index (χ0n) is 27.5. The van der Waals surface area contributed by atoms with E-state index >= 15 is 0 Å². The minimum Gasteiger partial charge on any atom is -0.436 e. The van der Waals surface area contributed by atoms with Crippen LogP contribution in [0.25, 0.3) is 55.9 Å². The quantitative estimate of drug-likeness (QED) is 0.183. The third-order valence-electron chi connectivity index (χ3n) is 9.92. The molecule has 49 heavy (non-hydrogen) atoms. The third kappa shape index (κ3) is 4.94. The maximum atomic E-state index is 6.33. The molecule has 0 saturated heterocycles. The first-order valence-corrected chi connectivity index (χ1v) is 16.8. The second kappa shape index (κ2) is 11.5. The monoisotopic (exact) mass is 630 g/mol. The lowest BCUT2D eigenvalue weighted by atomic mass is 9.82. The van der Waals surface area contributed by atoms with Gasteiger partial charge in [-0.25, -0.2) is 4.98 Å². The molecule has 1 aromatic heterocycles. The summed E-state index contributed by atoms with van der Waals surface area (Å²) in [6.45, 7) is 4.66. The summed E-state index contributed by atoms with van der Waals surface area (Å²) < 4.78 is 6.33. The normalized spacial score (nSPS) is 12.9. The van der Waals surface area contributed by atoms with Crippen molar-refractivity contribution in [2.24, 2.45) is 0 Å². The van der Waals surface area contributed by atoms with Gasteiger partial charge < -0.3 is 9.32 Å². The molecular weight excluding hydrogens is 597 g/mol. The first-order valence-electron chi connectivity index (χ1n) is 16.8. The number of aromatic nitrogens is 1. The summed E-state index contributed by atoms with van der Waals surface area (Å²) in [4.78, 5) is 7.38. The molecule has 0 bridgehead atoms. The smallest absolute Gasteiger partial charge is 0.227 e. The maximum absolute atomic E-state index is 6.33. The number of para-hydroxylation sites is 1. The summed E-state index contributed by atoms with van der Waals surface area (Å²) in [5, 5.41) is 0. The Balaban J connectivity index is 1.17. The highest BCUT2D eigenvalue weighted by Crippen LogP contribution is 2.51. The van der Waals surface area contributed by atoms with E-state index in [1.165, 1.54) is 33.4 Å². The van der Waals surface area contributed by atoms with E-state index in [0.717, 1.165) is 44.9 Å². The second-order valence-corrected chi connectivity index (χ2v) is 13.2. The summed E-state index contributed by atoms with van der Waals surface area (Å²) in [6.07, 6.45) is 0. The van der Waals surface area contributed by atoms with Crippen molar-refractivity contribution in [3.05, 3.63) is 181 Å². The molecule has 0 N–H and O–H groups in total. The summed E-state index contributed by atoms with van der Waals surface area (Å²) in [5.74, 6) is 0.611. The molecule has 1 heterocycles. The number of hydrogen-bond acceptors (Lipinski definition) is 3. The van der Waals surface area contributed by atoms with E-state index in [9.17, 15) is 0 Å². The molecule has 9 rings (SSSR count). The second-order valence-electron chi connectivity index (χ2n) is 13.2. The van der Waals surface area contributed by atoms with Gasteiger partial charge in [-0.05, 0) is 87.5 Å². The van der Waals surface area contributed by atoms with Crippen LogP contribution in [0.4, 0.5) is 17.1 Å². The van der Waals surface area contributed by atoms with Gasteiger partial charge in [-0.3, -0.25) is 0 Å². The van der Waals surface area contributed by atoms with Crippen LogP contribution in [0.2, 0.25) is 0 Å². The maximum Gasteiger partial charge on any atom is 0.227 e. The third-order valence-corrected chi connectivity index (χ3v) is 9.92. The van der Waals surface area contributed by atoms with Gasteiger partial charge in [0.05, 0.1) is 5.69 Å². The van der Waals surface area contributed by atoms with Crippen molar-refractivity contribution in [1.29, 1.82) is 0 Å². The van der Waals surface area contributed by atoms with E-state index in [0.29, 0.717) is 5.89 Å². The predicted molar refractivity (Wildman–Crippen MR) is 203 cm³/mol. The van der Waals surface area contributed by atoms with E-state index < -0.39 is 0 Å². The van der Waals surface area contributed by atoms with Crippen LogP contribution in [0.1, 0.15) is 25.0 Å². The first kappa shape index (κ1) is 29.0. The summed E-state index contributed by atoms with van der Waals surface area (Å²) in [7, 11) is 0. The molecular formula is C46H34N2O. The zero-order chi connectivity index (χ0) is 33.0. The van der Waals surface area contributed by atoms with Crippen LogP contribution in [0.3, 0.4) is 0 Å². The number of benzene rings is 7. The van der Waals surface area contributed by atoms with Gasteiger partial charge in [0, 0.05) is 27.9 Å². The molecule has 3 nitrogen and oxygen atoms in total. The molecule has 1 aliphatic rings. The standard InChI is InChI=1S/C46H34N2O/c1-46(2)40-19-11-9-18-38(40)39-27-25-35(29-41(39)46)48(43-20-12-10-17-37(43)33-15-7-4-8-16-33)36-26-28-44-42(30-36)47-45(49-44)34-23-21-32(22-24-34)31-13-5-3-6-14-31/h3-30H,1-2H3. The van der Waals surface area contributed by atoms with E-state index in [-0.39, 0.29) is 5.41 Å². The van der Waals surface area contributed by atoms with E-state index in [4.69, 9.17) is 9.40 Å².